The maximum absolute atomic E-state index is 12.2. The molecule has 21 heavy (non-hydrogen) atoms. The molecule has 0 aromatic heterocycles. The normalized spacial score (nSPS) is 11.1. The Kier molecular flexibility index (Phi) is 4.55. The van der Waals surface area contributed by atoms with Crippen molar-refractivity contribution in [3.05, 3.63) is 57.5 Å². The molecule has 1 N–H and O–H groups in total. The average Bonchev–Trinajstić information content (AvgIpc) is 2.37. The number of carboxylic acid groups (broad SMARTS) is 1. The first kappa shape index (κ1) is 15.8. The molecule has 0 saturated heterocycles. The third-order valence-electron chi connectivity index (χ3n) is 2.53. The Morgan fingerprint density at radius 2 is 1.90 bits per heavy atom. The van der Waals surface area contributed by atoms with Crippen molar-refractivity contribution in [2.24, 2.45) is 0 Å². The molecular formula is C13H8BrClNO4S-. The molecule has 8 heteroatoms. The van der Waals surface area contributed by atoms with Crippen molar-refractivity contribution in [3.63, 3.8) is 0 Å². The van der Waals surface area contributed by atoms with E-state index in [1.165, 1.54) is 42.5 Å². The lowest BCUT2D eigenvalue weighted by Crippen LogP contribution is -2.22. The lowest BCUT2D eigenvalue weighted by atomic mass is 10.2. The van der Waals surface area contributed by atoms with Crippen LogP contribution in [0.25, 0.3) is 0 Å². The van der Waals surface area contributed by atoms with Gasteiger partial charge >= 0.3 is 0 Å². The molecular weight excluding hydrogens is 382 g/mol. The van der Waals surface area contributed by atoms with E-state index in [2.05, 4.69) is 20.7 Å². The second kappa shape index (κ2) is 6.05. The smallest absolute Gasteiger partial charge is 0.263 e. The molecule has 5 nitrogen and oxygen atoms in total. The molecule has 0 aliphatic heterocycles. The zero-order valence-electron chi connectivity index (χ0n) is 10.3. The first-order valence-electron chi connectivity index (χ1n) is 5.59. The number of nitrogens with one attached hydrogen (secondary N) is 1. The predicted octanol–water partition coefficient (Wildman–Crippen LogP) is 2.27. The van der Waals surface area contributed by atoms with Crippen LogP contribution in [0.4, 0.5) is 5.69 Å². The minimum absolute atomic E-state index is 0.0490. The van der Waals surface area contributed by atoms with Crippen molar-refractivity contribution in [2.75, 3.05) is 4.72 Å². The highest BCUT2D eigenvalue weighted by molar-refractivity contribution is 9.10. The highest BCUT2D eigenvalue weighted by Crippen LogP contribution is 2.27. The van der Waals surface area contributed by atoms with Crippen molar-refractivity contribution in [2.45, 2.75) is 4.90 Å². The van der Waals surface area contributed by atoms with Gasteiger partial charge in [0.15, 0.2) is 0 Å². The van der Waals surface area contributed by atoms with Crippen molar-refractivity contribution in [1.82, 2.24) is 0 Å². The molecule has 0 aliphatic carbocycles. The Hall–Kier alpha value is -1.57. The molecule has 0 amide bonds. The van der Waals surface area contributed by atoms with Crippen LogP contribution in [0, 0.1) is 0 Å². The molecule has 2 aromatic carbocycles. The molecule has 0 aliphatic rings. The summed E-state index contributed by atoms with van der Waals surface area (Å²) in [6.07, 6.45) is 0. The fraction of sp³-hybridized carbons (Fsp3) is 0. The molecule has 0 atom stereocenters. The first-order chi connectivity index (χ1) is 9.79. The Labute approximate surface area is 134 Å². The molecule has 0 radical (unpaired) electrons. The van der Waals surface area contributed by atoms with Gasteiger partial charge in [-0.15, -0.1) is 0 Å². The molecule has 0 bridgehead atoms. The molecule has 0 fully saturated rings. The van der Waals surface area contributed by atoms with Gasteiger partial charge in [0.1, 0.15) is 4.90 Å². The minimum Gasteiger partial charge on any atom is -0.545 e. The Morgan fingerprint density at radius 3 is 2.52 bits per heavy atom. The van der Waals surface area contributed by atoms with Crippen LogP contribution in [0.3, 0.4) is 0 Å². The van der Waals surface area contributed by atoms with Gasteiger partial charge < -0.3 is 9.90 Å². The van der Waals surface area contributed by atoms with Gasteiger partial charge in [-0.3, -0.25) is 4.72 Å². The third kappa shape index (κ3) is 3.75. The quantitative estimate of drug-likeness (QED) is 0.869. The highest BCUT2D eigenvalue weighted by Gasteiger charge is 2.18. The molecule has 0 spiro atoms. The van der Waals surface area contributed by atoms with E-state index in [1.54, 1.807) is 0 Å². The molecule has 0 saturated carbocycles. The van der Waals surface area contributed by atoms with Gasteiger partial charge in [0.25, 0.3) is 10.0 Å². The van der Waals surface area contributed by atoms with Crippen molar-refractivity contribution >= 4 is 49.2 Å². The summed E-state index contributed by atoms with van der Waals surface area (Å²) >= 11 is 9.09. The summed E-state index contributed by atoms with van der Waals surface area (Å²) in [7, 11) is -3.92. The number of carbonyl (C=O) groups excluding carboxylic acids is 1. The summed E-state index contributed by atoms with van der Waals surface area (Å²) < 4.78 is 27.4. The fourth-order valence-corrected chi connectivity index (χ4v) is 3.70. The van der Waals surface area contributed by atoms with Gasteiger partial charge in [-0.25, -0.2) is 8.42 Å². The van der Waals surface area contributed by atoms with Gasteiger partial charge in [0, 0.05) is 10.2 Å². The van der Waals surface area contributed by atoms with Crippen LogP contribution in [0.2, 0.25) is 5.02 Å². The number of hydrogen-bond donors (Lipinski definition) is 1. The largest absolute Gasteiger partial charge is 0.545 e. The number of carboxylic acids is 1. The summed E-state index contributed by atoms with van der Waals surface area (Å²) in [4.78, 5) is 10.7. The van der Waals surface area contributed by atoms with Crippen LogP contribution in [-0.4, -0.2) is 14.4 Å². The second-order valence-electron chi connectivity index (χ2n) is 4.05. The molecule has 110 valence electrons. The number of hydrogen-bond acceptors (Lipinski definition) is 4. The maximum Gasteiger partial charge on any atom is 0.263 e. The van der Waals surface area contributed by atoms with E-state index in [0.29, 0.717) is 4.47 Å². The summed E-state index contributed by atoms with van der Waals surface area (Å²) in [6.45, 7) is 0. The number of benzene rings is 2. The van der Waals surface area contributed by atoms with Gasteiger partial charge in [-0.2, -0.15) is 0 Å². The van der Waals surface area contributed by atoms with E-state index in [-0.39, 0.29) is 21.2 Å². The molecule has 2 aromatic rings. The summed E-state index contributed by atoms with van der Waals surface area (Å²) in [6, 6.07) is 9.64. The Bertz CT molecular complexity index is 808. The number of aromatic carboxylic acids is 1. The molecule has 0 heterocycles. The van der Waals surface area contributed by atoms with E-state index in [1.807, 2.05) is 0 Å². The van der Waals surface area contributed by atoms with Crippen molar-refractivity contribution in [1.29, 1.82) is 0 Å². The van der Waals surface area contributed by atoms with E-state index in [9.17, 15) is 18.3 Å². The van der Waals surface area contributed by atoms with Crippen LogP contribution in [0.5, 0.6) is 0 Å². The van der Waals surface area contributed by atoms with Crippen molar-refractivity contribution < 1.29 is 18.3 Å². The average molecular weight is 390 g/mol. The Balaban J connectivity index is 2.37. The Morgan fingerprint density at radius 1 is 1.19 bits per heavy atom. The second-order valence-corrected chi connectivity index (χ2v) is 7.02. The predicted molar refractivity (Wildman–Crippen MR) is 80.7 cm³/mol. The van der Waals surface area contributed by atoms with E-state index in [4.69, 9.17) is 11.6 Å². The SMILES string of the molecule is O=C([O-])c1cccc(NS(=O)(=O)c2ccc(Br)cc2Cl)c1. The number of anilines is 1. The maximum atomic E-state index is 12.2. The van der Waals surface area contributed by atoms with Crippen LogP contribution < -0.4 is 9.83 Å². The van der Waals surface area contributed by atoms with E-state index < -0.39 is 16.0 Å². The number of halogens is 2. The lowest BCUT2D eigenvalue weighted by Gasteiger charge is -2.11. The van der Waals surface area contributed by atoms with Crippen LogP contribution in [0.15, 0.2) is 51.8 Å². The number of carbonyl (C=O) groups is 1. The topological polar surface area (TPSA) is 86.3 Å². The number of sulfonamides is 1. The molecule has 2 rings (SSSR count). The monoisotopic (exact) mass is 388 g/mol. The third-order valence-corrected chi connectivity index (χ3v) is 4.89. The van der Waals surface area contributed by atoms with Crippen molar-refractivity contribution in [3.8, 4) is 0 Å². The highest BCUT2D eigenvalue weighted by atomic mass is 79.9. The van der Waals surface area contributed by atoms with Crippen LogP contribution in [0.1, 0.15) is 10.4 Å². The van der Waals surface area contributed by atoms with E-state index in [0.717, 1.165) is 0 Å². The van der Waals surface area contributed by atoms with Gasteiger partial charge in [-0.05, 0) is 35.9 Å². The summed E-state index contributed by atoms with van der Waals surface area (Å²) in [5.41, 5.74) is -0.0206. The first-order valence-corrected chi connectivity index (χ1v) is 8.24. The van der Waals surface area contributed by atoms with E-state index >= 15 is 0 Å². The number of rotatable bonds is 4. The summed E-state index contributed by atoms with van der Waals surface area (Å²) in [5, 5.41) is 10.8. The van der Waals surface area contributed by atoms with Gasteiger partial charge in [-0.1, -0.05) is 39.7 Å². The van der Waals surface area contributed by atoms with Crippen LogP contribution >= 0.6 is 27.5 Å². The standard InChI is InChI=1S/C13H9BrClNO4S/c14-9-4-5-12(11(15)7-9)21(19,20)16-10-3-1-2-8(6-10)13(17)18/h1-7,16H,(H,17,18)/p-1. The zero-order valence-corrected chi connectivity index (χ0v) is 13.5. The van der Waals surface area contributed by atoms with Crippen LogP contribution in [-0.2, 0) is 10.0 Å². The summed E-state index contributed by atoms with van der Waals surface area (Å²) in [5.74, 6) is -1.39. The zero-order chi connectivity index (χ0) is 15.6. The molecule has 0 unspecified atom stereocenters. The minimum atomic E-state index is -3.92. The van der Waals surface area contributed by atoms with Gasteiger partial charge in [0.2, 0.25) is 0 Å². The fourth-order valence-electron chi connectivity index (χ4n) is 1.61. The lowest BCUT2D eigenvalue weighted by molar-refractivity contribution is -0.255. The van der Waals surface area contributed by atoms with Gasteiger partial charge in [0.05, 0.1) is 11.0 Å².